The van der Waals surface area contributed by atoms with Gasteiger partial charge in [-0.25, -0.2) is 0 Å². The van der Waals surface area contributed by atoms with Crippen LogP contribution in [0.2, 0.25) is 0 Å². The lowest BCUT2D eigenvalue weighted by molar-refractivity contribution is 1.51. The molecule has 2 rings (SSSR count). The molecule has 0 unspecified atom stereocenters. The number of thiophene rings is 2. The van der Waals surface area contributed by atoms with Gasteiger partial charge >= 0.3 is 0 Å². The molecular formula is C14H4N4S2. The predicted molar refractivity (Wildman–Crippen MR) is 74.8 cm³/mol. The lowest BCUT2D eigenvalue weighted by Crippen LogP contribution is -1.94. The van der Waals surface area contributed by atoms with Gasteiger partial charge < -0.3 is 0 Å². The Kier molecular flexibility index (Phi) is 3.94. The second-order valence-corrected chi connectivity index (χ2v) is 5.69. The quantitative estimate of drug-likeness (QED) is 0.735. The van der Waals surface area contributed by atoms with Crippen LogP contribution in [-0.2, 0) is 0 Å². The standard InChI is InChI=1S/C14H4N4S2/c15-5-9(6-16)11-1-3-13(19-11)14-4-2-12(20-14)10(7-17)8-18/h1-4H. The van der Waals surface area contributed by atoms with Crippen molar-refractivity contribution in [3.8, 4) is 24.3 Å². The molecule has 0 N–H and O–H groups in total. The van der Waals surface area contributed by atoms with Crippen molar-refractivity contribution in [3.05, 3.63) is 42.4 Å². The van der Waals surface area contributed by atoms with Gasteiger partial charge in [0.15, 0.2) is 0 Å². The second kappa shape index (κ2) is 5.83. The molecule has 2 aromatic heterocycles. The minimum absolute atomic E-state index is 0.0827. The van der Waals surface area contributed by atoms with Crippen LogP contribution >= 0.6 is 22.7 Å². The van der Waals surface area contributed by atoms with Crippen molar-refractivity contribution in [1.82, 2.24) is 0 Å². The van der Waals surface area contributed by atoms with E-state index in [0.29, 0.717) is 9.06 Å². The first kappa shape index (κ1) is 13.5. The first-order valence-corrected chi connectivity index (χ1v) is 6.92. The summed E-state index contributed by atoms with van der Waals surface area (Å²) in [7, 11) is 0. The largest absolute Gasteiger partial charge is 0.192 e. The first-order valence-electron chi connectivity index (χ1n) is 5.28. The Morgan fingerprint density at radius 2 is 1.00 bits per heavy atom. The Morgan fingerprint density at radius 1 is 0.650 bits per heavy atom. The van der Waals surface area contributed by atoms with E-state index >= 15 is 0 Å². The zero-order chi connectivity index (χ0) is 14.5. The summed E-state index contributed by atoms with van der Waals surface area (Å²) in [6.45, 7) is 0. The molecule has 2 heterocycles. The Balaban J connectivity index is 2.84. The molecule has 0 aromatic carbocycles. The summed E-state index contributed by atoms with van der Waals surface area (Å²) in [4.78, 5) is 0. The van der Waals surface area contributed by atoms with Crippen LogP contribution < -0.4 is 9.06 Å². The van der Waals surface area contributed by atoms with Crippen LogP contribution in [0.25, 0.3) is 11.1 Å². The van der Waals surface area contributed by atoms with E-state index in [9.17, 15) is 0 Å². The van der Waals surface area contributed by atoms with E-state index in [1.807, 2.05) is 36.4 Å². The zero-order valence-corrected chi connectivity index (χ0v) is 11.5. The molecule has 0 amide bonds. The van der Waals surface area contributed by atoms with Gasteiger partial charge in [0, 0.05) is 9.06 Å². The van der Waals surface area contributed by atoms with Gasteiger partial charge in [0.2, 0.25) is 0 Å². The maximum absolute atomic E-state index is 8.82. The third-order valence-electron chi connectivity index (χ3n) is 2.39. The number of rotatable bonds is 0. The molecule has 2 aromatic rings. The van der Waals surface area contributed by atoms with Crippen molar-refractivity contribution in [2.45, 2.75) is 0 Å². The van der Waals surface area contributed by atoms with Gasteiger partial charge in [0.05, 0.1) is 9.06 Å². The molecule has 0 saturated heterocycles. The van der Waals surface area contributed by atoms with E-state index in [-0.39, 0.29) is 11.1 Å². The van der Waals surface area contributed by atoms with Gasteiger partial charge in [0.25, 0.3) is 0 Å². The normalized spacial score (nSPS) is 10.6. The van der Waals surface area contributed by atoms with Gasteiger partial charge in [-0.3, -0.25) is 0 Å². The molecule has 0 spiro atoms. The SMILES string of the molecule is N#CC(C#N)=c1ccc(=c2ccc(=C(C#N)C#N)s2)s1. The van der Waals surface area contributed by atoms with Crippen LogP contribution in [0.4, 0.5) is 0 Å². The zero-order valence-electron chi connectivity index (χ0n) is 9.91. The van der Waals surface area contributed by atoms with Crippen LogP contribution in [0.15, 0.2) is 24.3 Å². The molecule has 92 valence electrons. The molecular weight excluding hydrogens is 288 g/mol. The molecule has 20 heavy (non-hydrogen) atoms. The van der Waals surface area contributed by atoms with Gasteiger partial charge in [-0.05, 0) is 24.3 Å². The number of hydrogen-bond donors (Lipinski definition) is 0. The second-order valence-electron chi connectivity index (χ2n) is 3.53. The van der Waals surface area contributed by atoms with Crippen LogP contribution in [-0.4, -0.2) is 0 Å². The van der Waals surface area contributed by atoms with Crippen LogP contribution in [0.1, 0.15) is 0 Å². The van der Waals surface area contributed by atoms with E-state index in [1.165, 1.54) is 22.7 Å². The third-order valence-corrected chi connectivity index (χ3v) is 4.80. The van der Waals surface area contributed by atoms with E-state index in [0.717, 1.165) is 9.06 Å². The van der Waals surface area contributed by atoms with Crippen molar-refractivity contribution in [2.24, 2.45) is 0 Å². The number of hydrogen-bond acceptors (Lipinski definition) is 6. The number of nitrogens with zero attached hydrogens (tertiary/aromatic N) is 4. The summed E-state index contributed by atoms with van der Waals surface area (Å²) in [6, 6.07) is 14.5. The lowest BCUT2D eigenvalue weighted by atomic mass is 10.3. The van der Waals surface area contributed by atoms with E-state index < -0.39 is 0 Å². The Morgan fingerprint density at radius 3 is 1.30 bits per heavy atom. The maximum atomic E-state index is 8.82. The number of nitriles is 4. The van der Waals surface area contributed by atoms with Crippen LogP contribution in [0.5, 0.6) is 0 Å². The van der Waals surface area contributed by atoms with Crippen molar-refractivity contribution < 1.29 is 0 Å². The summed E-state index contributed by atoms with van der Waals surface area (Å²) in [6.07, 6.45) is 0. The average molecular weight is 292 g/mol. The van der Waals surface area contributed by atoms with Gasteiger partial charge in [-0.1, -0.05) is 0 Å². The summed E-state index contributed by atoms with van der Waals surface area (Å²) >= 11 is 2.67. The Bertz CT molecular complexity index is 925. The fourth-order valence-electron chi connectivity index (χ4n) is 1.48. The summed E-state index contributed by atoms with van der Waals surface area (Å²) in [5.41, 5.74) is 0.165. The molecule has 0 aliphatic heterocycles. The lowest BCUT2D eigenvalue weighted by Gasteiger charge is -1.75. The molecule has 0 atom stereocenters. The fourth-order valence-corrected chi connectivity index (χ4v) is 3.47. The smallest absolute Gasteiger partial charge is 0.146 e. The molecule has 0 saturated carbocycles. The third kappa shape index (κ3) is 2.44. The summed E-state index contributed by atoms with van der Waals surface area (Å²) in [5, 5.41) is 35.3. The van der Waals surface area contributed by atoms with E-state index in [2.05, 4.69) is 0 Å². The minimum Gasteiger partial charge on any atom is -0.192 e. The summed E-state index contributed by atoms with van der Waals surface area (Å²) < 4.78 is 3.03. The van der Waals surface area contributed by atoms with Crippen molar-refractivity contribution in [3.63, 3.8) is 0 Å². The fraction of sp³-hybridized carbons (Fsp3) is 0. The van der Waals surface area contributed by atoms with Gasteiger partial charge in [-0.2, -0.15) is 21.0 Å². The highest BCUT2D eigenvalue weighted by Gasteiger charge is 1.99. The van der Waals surface area contributed by atoms with Crippen LogP contribution in [0.3, 0.4) is 0 Å². The topological polar surface area (TPSA) is 95.2 Å². The first-order chi connectivity index (χ1) is 9.73. The molecule has 0 fully saturated rings. The van der Waals surface area contributed by atoms with E-state index in [4.69, 9.17) is 21.0 Å². The van der Waals surface area contributed by atoms with Gasteiger partial charge in [0.1, 0.15) is 35.4 Å². The molecule has 0 aliphatic rings. The van der Waals surface area contributed by atoms with Crippen LogP contribution in [0, 0.1) is 54.4 Å². The molecule has 6 heteroatoms. The molecule has 0 aliphatic carbocycles. The van der Waals surface area contributed by atoms with E-state index in [1.54, 1.807) is 12.1 Å². The molecule has 0 bridgehead atoms. The highest BCUT2D eigenvalue weighted by molar-refractivity contribution is 7.11. The Labute approximate surface area is 121 Å². The highest BCUT2D eigenvalue weighted by atomic mass is 32.1. The average Bonchev–Trinajstić information content (AvgIpc) is 3.11. The minimum atomic E-state index is 0.0827. The van der Waals surface area contributed by atoms with Crippen molar-refractivity contribution >= 4 is 33.8 Å². The van der Waals surface area contributed by atoms with Gasteiger partial charge in [-0.15, -0.1) is 22.7 Å². The molecule has 4 nitrogen and oxygen atoms in total. The molecule has 0 radical (unpaired) electrons. The maximum Gasteiger partial charge on any atom is 0.146 e. The Hall–Kier alpha value is -2.90. The predicted octanol–water partition coefficient (Wildman–Crippen LogP) is 1.49. The van der Waals surface area contributed by atoms with Crippen molar-refractivity contribution in [1.29, 1.82) is 21.0 Å². The monoisotopic (exact) mass is 292 g/mol. The van der Waals surface area contributed by atoms with Crippen molar-refractivity contribution in [2.75, 3.05) is 0 Å². The highest BCUT2D eigenvalue weighted by Crippen LogP contribution is 2.05. The summed E-state index contributed by atoms with van der Waals surface area (Å²) in [5.74, 6) is 0.